The Morgan fingerprint density at radius 3 is 1.44 bits per heavy atom. The van der Waals surface area contributed by atoms with Crippen molar-refractivity contribution in [2.75, 3.05) is 0 Å². The molecule has 41 heavy (non-hydrogen) atoms. The van der Waals surface area contributed by atoms with Gasteiger partial charge in [0.05, 0.1) is 0 Å². The van der Waals surface area contributed by atoms with E-state index in [9.17, 15) is 47.9 Å². The first-order chi connectivity index (χ1) is 18.6. The molecule has 0 aliphatic rings. The summed E-state index contributed by atoms with van der Waals surface area (Å²) in [5.41, 5.74) is -0.832. The average molecular weight is 635 g/mol. The van der Waals surface area contributed by atoms with Crippen LogP contribution in [0.15, 0.2) is 99.6 Å². The summed E-state index contributed by atoms with van der Waals surface area (Å²) in [6.07, 6.45) is -7.23. The lowest BCUT2D eigenvalue weighted by Crippen LogP contribution is -2.63. The van der Waals surface area contributed by atoms with Crippen molar-refractivity contribution in [3.8, 4) is 5.75 Å². The Balaban J connectivity index is 2.38. The number of hydrogen-bond donors (Lipinski definition) is 0. The van der Waals surface area contributed by atoms with Gasteiger partial charge >= 0.3 is 33.4 Å². The molecule has 226 valence electrons. The lowest BCUT2D eigenvalue weighted by Gasteiger charge is -2.41. The SMILES string of the molecule is CC(C)(C)Oc1cccc(S(OS(=O)(=O)C(F)(F)C(F)(F)C(F)(F)C(F)(F)F)(c2ccccc2)c2ccccc2)c1. The zero-order valence-electron chi connectivity index (χ0n) is 21.4. The van der Waals surface area contributed by atoms with E-state index in [1.54, 1.807) is 20.8 Å². The van der Waals surface area contributed by atoms with Gasteiger partial charge in [-0.25, -0.2) is 3.63 Å². The minimum atomic E-state index is -7.47. The fourth-order valence-electron chi connectivity index (χ4n) is 3.52. The van der Waals surface area contributed by atoms with Gasteiger partial charge < -0.3 is 4.74 Å². The second-order valence-electron chi connectivity index (χ2n) is 9.56. The van der Waals surface area contributed by atoms with Crippen LogP contribution in [0.1, 0.15) is 20.8 Å². The van der Waals surface area contributed by atoms with Crippen LogP contribution < -0.4 is 4.74 Å². The highest BCUT2D eigenvalue weighted by Gasteiger charge is 2.86. The van der Waals surface area contributed by atoms with Gasteiger partial charge in [-0.15, -0.1) is 0 Å². The largest absolute Gasteiger partial charge is 0.488 e. The Hall–Kier alpha value is -2.91. The van der Waals surface area contributed by atoms with Crippen LogP contribution in [0.4, 0.5) is 39.5 Å². The Morgan fingerprint density at radius 2 is 1.02 bits per heavy atom. The van der Waals surface area contributed by atoms with E-state index < -0.39 is 49.3 Å². The first-order valence-electron chi connectivity index (χ1n) is 11.5. The predicted octanol–water partition coefficient (Wildman–Crippen LogP) is 8.83. The minimum absolute atomic E-state index is 0.0560. The zero-order valence-corrected chi connectivity index (χ0v) is 23.1. The van der Waals surface area contributed by atoms with Gasteiger partial charge in [0.25, 0.3) is 0 Å². The molecule has 3 aromatic carbocycles. The second kappa shape index (κ2) is 10.7. The van der Waals surface area contributed by atoms with Crippen LogP contribution >= 0.6 is 10.3 Å². The van der Waals surface area contributed by atoms with E-state index in [2.05, 4.69) is 0 Å². The first-order valence-corrected chi connectivity index (χ1v) is 14.5. The van der Waals surface area contributed by atoms with Gasteiger partial charge in [-0.1, -0.05) is 42.5 Å². The van der Waals surface area contributed by atoms with Gasteiger partial charge in [-0.05, 0) is 73.5 Å². The Kier molecular flexibility index (Phi) is 8.53. The van der Waals surface area contributed by atoms with Crippen molar-refractivity contribution in [2.45, 2.75) is 64.3 Å². The monoisotopic (exact) mass is 634 g/mol. The maximum atomic E-state index is 14.9. The summed E-state index contributed by atoms with van der Waals surface area (Å²) < 4.78 is 161. The zero-order chi connectivity index (χ0) is 31.1. The van der Waals surface area contributed by atoms with Crippen LogP contribution in [0.3, 0.4) is 0 Å². The maximum absolute atomic E-state index is 14.9. The fourth-order valence-corrected chi connectivity index (χ4v) is 8.77. The molecule has 0 fully saturated rings. The third-order valence-corrected chi connectivity index (χ3v) is 10.5. The van der Waals surface area contributed by atoms with Crippen molar-refractivity contribution >= 4 is 20.4 Å². The van der Waals surface area contributed by atoms with E-state index in [0.29, 0.717) is 0 Å². The summed E-state index contributed by atoms with van der Waals surface area (Å²) in [6.45, 7) is 4.95. The summed E-state index contributed by atoms with van der Waals surface area (Å²) in [5.74, 6) is -14.9. The van der Waals surface area contributed by atoms with Gasteiger partial charge in [0.1, 0.15) is 11.4 Å². The summed E-state index contributed by atoms with van der Waals surface area (Å²) in [6, 6.07) is 18.1. The lowest BCUT2D eigenvalue weighted by atomic mass is 10.1. The molecule has 4 nitrogen and oxygen atoms in total. The van der Waals surface area contributed by atoms with Gasteiger partial charge in [0, 0.05) is 14.7 Å². The molecular weight excluding hydrogens is 611 g/mol. The summed E-state index contributed by atoms with van der Waals surface area (Å²) in [4.78, 5) is -0.615. The van der Waals surface area contributed by atoms with Crippen molar-refractivity contribution < 1.29 is 56.3 Å². The maximum Gasteiger partial charge on any atom is 0.460 e. The molecule has 0 aliphatic carbocycles. The molecule has 0 saturated heterocycles. The average Bonchev–Trinajstić information content (AvgIpc) is 2.86. The van der Waals surface area contributed by atoms with E-state index in [1.807, 2.05) is 0 Å². The van der Waals surface area contributed by atoms with E-state index >= 15 is 0 Å². The molecule has 0 saturated carbocycles. The second-order valence-corrected chi connectivity index (χ2v) is 14.0. The highest BCUT2D eigenvalue weighted by atomic mass is 32.3. The Morgan fingerprint density at radius 1 is 0.585 bits per heavy atom. The minimum Gasteiger partial charge on any atom is -0.488 e. The number of ether oxygens (including phenoxy) is 1. The molecule has 0 heterocycles. The highest BCUT2D eigenvalue weighted by Crippen LogP contribution is 2.71. The first kappa shape index (κ1) is 32.6. The third kappa shape index (κ3) is 5.89. The smallest absolute Gasteiger partial charge is 0.460 e. The number of rotatable bonds is 9. The van der Waals surface area contributed by atoms with Crippen LogP contribution in [-0.4, -0.2) is 37.3 Å². The molecule has 15 heteroatoms. The van der Waals surface area contributed by atoms with Crippen molar-refractivity contribution in [2.24, 2.45) is 0 Å². The van der Waals surface area contributed by atoms with Gasteiger partial charge in [-0.3, -0.25) is 0 Å². The molecular formula is C26H23F9O4S2. The molecule has 0 radical (unpaired) electrons. The van der Waals surface area contributed by atoms with Crippen molar-refractivity contribution in [1.82, 2.24) is 0 Å². The molecule has 3 rings (SSSR count). The van der Waals surface area contributed by atoms with Crippen LogP contribution in [0, 0.1) is 0 Å². The number of halogens is 9. The Bertz CT molecular complexity index is 1420. The third-order valence-electron chi connectivity index (χ3n) is 5.33. The summed E-state index contributed by atoms with van der Waals surface area (Å²) in [7, 11) is -11.4. The number of hydrogen-bond acceptors (Lipinski definition) is 4. The van der Waals surface area contributed by atoms with Crippen LogP contribution in [0.25, 0.3) is 0 Å². The topological polar surface area (TPSA) is 52.6 Å². The molecule has 0 aliphatic heterocycles. The predicted molar refractivity (Wildman–Crippen MR) is 133 cm³/mol. The molecule has 0 bridgehead atoms. The molecule has 0 spiro atoms. The van der Waals surface area contributed by atoms with Gasteiger partial charge in [0.15, 0.2) is 0 Å². The molecule has 0 amide bonds. The van der Waals surface area contributed by atoms with Crippen molar-refractivity contribution in [1.29, 1.82) is 0 Å². The molecule has 0 unspecified atom stereocenters. The highest BCUT2D eigenvalue weighted by molar-refractivity contribution is 8.33. The van der Waals surface area contributed by atoms with E-state index in [4.69, 9.17) is 8.37 Å². The van der Waals surface area contributed by atoms with Gasteiger partial charge in [0.2, 0.25) is 0 Å². The fraction of sp³-hybridized carbons (Fsp3) is 0.308. The van der Waals surface area contributed by atoms with Gasteiger partial charge in [-0.2, -0.15) is 47.9 Å². The summed E-state index contributed by atoms with van der Waals surface area (Å²) in [5, 5.41) is -7.06. The van der Waals surface area contributed by atoms with E-state index in [-0.39, 0.29) is 20.4 Å². The normalized spacial score (nSPS) is 14.5. The number of alkyl halides is 9. The lowest BCUT2D eigenvalue weighted by molar-refractivity contribution is -0.382. The molecule has 3 aromatic rings. The van der Waals surface area contributed by atoms with Crippen LogP contribution in [0.2, 0.25) is 0 Å². The van der Waals surface area contributed by atoms with Crippen molar-refractivity contribution in [3.05, 3.63) is 84.9 Å². The summed E-state index contributed by atoms with van der Waals surface area (Å²) >= 11 is 0. The number of benzene rings is 3. The Labute approximate surface area is 231 Å². The van der Waals surface area contributed by atoms with E-state index in [0.717, 1.165) is 0 Å². The molecule has 0 aromatic heterocycles. The van der Waals surface area contributed by atoms with Crippen LogP contribution in [-0.2, 0) is 13.7 Å². The molecule has 0 N–H and O–H groups in total. The van der Waals surface area contributed by atoms with E-state index in [1.165, 1.54) is 84.9 Å². The molecule has 0 atom stereocenters. The quantitative estimate of drug-likeness (QED) is 0.221. The standard InChI is InChI=1S/C26H23F9O4S2/c1-22(2,3)38-18-11-10-16-21(17-18)40(19-12-6-4-7-13-19,20-14-8-5-9-15-20)39-41(36,37)26(34,35)24(29,30)23(27,28)25(31,32)33/h4-17H,1-3H3. The van der Waals surface area contributed by atoms with Crippen LogP contribution in [0.5, 0.6) is 5.75 Å². The van der Waals surface area contributed by atoms with Crippen molar-refractivity contribution in [3.63, 3.8) is 0 Å².